The molecule has 0 spiro atoms. The van der Waals surface area contributed by atoms with E-state index in [4.69, 9.17) is 5.10 Å². The fourth-order valence-electron chi connectivity index (χ4n) is 3.90. The molecule has 192 valence electrons. The van der Waals surface area contributed by atoms with Crippen molar-refractivity contribution in [1.29, 1.82) is 0 Å². The lowest BCUT2D eigenvalue weighted by molar-refractivity contribution is -0.385. The largest absolute Gasteiger partial charge is 0.338 e. The number of nitro benzene ring substituents is 2. The van der Waals surface area contributed by atoms with Crippen LogP contribution in [-0.4, -0.2) is 25.5 Å². The van der Waals surface area contributed by atoms with Gasteiger partial charge < -0.3 is 10.6 Å². The summed E-state index contributed by atoms with van der Waals surface area (Å²) in [7, 11) is 0. The van der Waals surface area contributed by atoms with E-state index in [0.717, 1.165) is 5.56 Å². The van der Waals surface area contributed by atoms with E-state index < -0.39 is 15.8 Å². The Balaban J connectivity index is 1.48. The Morgan fingerprint density at radius 3 is 1.90 bits per heavy atom. The smallest absolute Gasteiger partial charge is 0.269 e. The van der Waals surface area contributed by atoms with Crippen LogP contribution in [0.15, 0.2) is 109 Å². The number of nitrogens with zero attached hydrogens (tertiary/aromatic N) is 4. The number of benzene rings is 4. The summed E-state index contributed by atoms with van der Waals surface area (Å²) in [6, 6.07) is 29.8. The van der Waals surface area contributed by atoms with Crippen LogP contribution in [0.3, 0.4) is 0 Å². The van der Waals surface area contributed by atoms with Gasteiger partial charge in [0.15, 0.2) is 0 Å². The van der Waals surface area contributed by atoms with Crippen molar-refractivity contribution < 1.29 is 14.6 Å². The number of hydrogen-bond donors (Lipinski definition) is 2. The number of carbonyl (C=O) groups excluding carboxylic acids is 1. The molecule has 4 aromatic carbocycles. The number of nitrogens with one attached hydrogen (secondary N) is 2. The third-order valence-electron chi connectivity index (χ3n) is 5.86. The Morgan fingerprint density at radius 1 is 0.718 bits per heavy atom. The van der Waals surface area contributed by atoms with E-state index >= 15 is 0 Å². The molecule has 5 rings (SSSR count). The molecule has 0 radical (unpaired) electrons. The van der Waals surface area contributed by atoms with E-state index in [1.54, 1.807) is 41.1 Å². The van der Waals surface area contributed by atoms with Crippen molar-refractivity contribution in [2.45, 2.75) is 0 Å². The van der Waals surface area contributed by atoms with E-state index in [1.807, 2.05) is 36.4 Å². The van der Waals surface area contributed by atoms with Gasteiger partial charge in [-0.05, 0) is 36.4 Å². The zero-order valence-corrected chi connectivity index (χ0v) is 20.2. The van der Waals surface area contributed by atoms with E-state index in [0.29, 0.717) is 28.6 Å². The molecule has 11 nitrogen and oxygen atoms in total. The maximum absolute atomic E-state index is 12.9. The number of nitro groups is 2. The van der Waals surface area contributed by atoms with Gasteiger partial charge in [-0.2, -0.15) is 5.10 Å². The molecule has 0 bridgehead atoms. The van der Waals surface area contributed by atoms with Gasteiger partial charge in [-0.1, -0.05) is 42.5 Å². The summed E-state index contributed by atoms with van der Waals surface area (Å²) in [5.41, 5.74) is 3.29. The molecule has 1 amide bonds. The van der Waals surface area contributed by atoms with Crippen LogP contribution in [0.5, 0.6) is 0 Å². The normalized spacial score (nSPS) is 10.6. The lowest BCUT2D eigenvalue weighted by Crippen LogP contribution is -2.13. The van der Waals surface area contributed by atoms with Crippen molar-refractivity contribution in [3.63, 3.8) is 0 Å². The Hall–Kier alpha value is -5.84. The number of hydrogen-bond acceptors (Lipinski definition) is 7. The molecule has 5 aromatic rings. The van der Waals surface area contributed by atoms with Crippen molar-refractivity contribution in [2.24, 2.45) is 0 Å². The van der Waals surface area contributed by atoms with E-state index in [9.17, 15) is 25.0 Å². The summed E-state index contributed by atoms with van der Waals surface area (Å²) in [6.45, 7) is 0. The first kappa shape index (κ1) is 24.8. The maximum Gasteiger partial charge on any atom is 0.269 e. The number of amides is 1. The first-order valence-corrected chi connectivity index (χ1v) is 11.7. The Bertz CT molecular complexity index is 1670. The van der Waals surface area contributed by atoms with Crippen LogP contribution in [0.1, 0.15) is 10.4 Å². The van der Waals surface area contributed by atoms with Gasteiger partial charge in [-0.15, -0.1) is 0 Å². The van der Waals surface area contributed by atoms with Crippen LogP contribution in [0, 0.1) is 20.2 Å². The van der Waals surface area contributed by atoms with Crippen molar-refractivity contribution >= 4 is 34.5 Å². The lowest BCUT2D eigenvalue weighted by Gasteiger charge is -2.14. The third kappa shape index (κ3) is 5.47. The van der Waals surface area contributed by atoms with Crippen LogP contribution in [-0.2, 0) is 0 Å². The van der Waals surface area contributed by atoms with Crippen LogP contribution in [0.4, 0.5) is 28.6 Å². The van der Waals surface area contributed by atoms with E-state index in [2.05, 4.69) is 10.6 Å². The number of carbonyl (C=O) groups is 1. The van der Waals surface area contributed by atoms with Crippen LogP contribution < -0.4 is 10.6 Å². The molecule has 2 N–H and O–H groups in total. The minimum Gasteiger partial charge on any atom is -0.338 e. The predicted molar refractivity (Wildman–Crippen MR) is 146 cm³/mol. The van der Waals surface area contributed by atoms with Crippen LogP contribution in [0.2, 0.25) is 0 Å². The molecule has 0 saturated heterocycles. The fraction of sp³-hybridized carbons (Fsp3) is 0. The molecule has 0 atom stereocenters. The summed E-state index contributed by atoms with van der Waals surface area (Å²) in [6.07, 6.45) is 0. The van der Waals surface area contributed by atoms with Crippen LogP contribution >= 0.6 is 0 Å². The second-order valence-electron chi connectivity index (χ2n) is 8.39. The molecule has 0 fully saturated rings. The topological polar surface area (TPSA) is 145 Å². The van der Waals surface area contributed by atoms with Gasteiger partial charge in [0.25, 0.3) is 17.3 Å². The Morgan fingerprint density at radius 2 is 1.28 bits per heavy atom. The number of para-hydroxylation sites is 2. The number of non-ortho nitro benzene ring substituents is 2. The number of anilines is 3. The minimum atomic E-state index is -0.529. The Kier molecular flexibility index (Phi) is 6.78. The Labute approximate surface area is 221 Å². The zero-order valence-electron chi connectivity index (χ0n) is 20.2. The zero-order chi connectivity index (χ0) is 27.4. The van der Waals surface area contributed by atoms with Gasteiger partial charge in [0, 0.05) is 41.5 Å². The highest BCUT2D eigenvalue weighted by Crippen LogP contribution is 2.31. The molecule has 0 aliphatic carbocycles. The molecular formula is C28H20N6O5. The summed E-state index contributed by atoms with van der Waals surface area (Å²) in [5, 5.41) is 32.9. The van der Waals surface area contributed by atoms with Gasteiger partial charge in [0.05, 0.1) is 32.6 Å². The molecule has 1 heterocycles. The number of aromatic nitrogens is 2. The number of rotatable bonds is 8. The molecule has 1 aromatic heterocycles. The van der Waals surface area contributed by atoms with Gasteiger partial charge in [-0.3, -0.25) is 25.0 Å². The molecular weight excluding hydrogens is 500 g/mol. The van der Waals surface area contributed by atoms with Crippen molar-refractivity contribution in [3.8, 4) is 16.9 Å². The van der Waals surface area contributed by atoms with Gasteiger partial charge in [0.1, 0.15) is 5.82 Å². The molecule has 39 heavy (non-hydrogen) atoms. The first-order chi connectivity index (χ1) is 18.9. The summed E-state index contributed by atoms with van der Waals surface area (Å²) in [5.74, 6) is 0.118. The van der Waals surface area contributed by atoms with Crippen molar-refractivity contribution in [1.82, 2.24) is 9.78 Å². The standard InChI is InChI=1S/C28H20N6O5/c35-28(20-10-12-22(13-11-20)33(36)37)30-25-9-5-4-8-24(25)29-27-18-26(19-6-2-1-3-7-19)31-32(27)21-14-16-23(17-15-21)34(38)39/h1-18,29H,(H,30,35). The SMILES string of the molecule is O=C(Nc1ccccc1Nc1cc(-c2ccccc2)nn1-c1ccc([N+](=O)[O-])cc1)c1ccc([N+](=O)[O-])cc1. The predicted octanol–water partition coefficient (Wildman–Crippen LogP) is 6.35. The highest BCUT2D eigenvalue weighted by atomic mass is 16.6. The molecule has 0 aliphatic heterocycles. The van der Waals surface area contributed by atoms with E-state index in [1.165, 1.54) is 36.4 Å². The highest BCUT2D eigenvalue weighted by Gasteiger charge is 2.16. The van der Waals surface area contributed by atoms with Gasteiger partial charge in [-0.25, -0.2) is 4.68 Å². The summed E-state index contributed by atoms with van der Waals surface area (Å²) in [4.78, 5) is 33.9. The average Bonchev–Trinajstić information content (AvgIpc) is 3.38. The summed E-state index contributed by atoms with van der Waals surface area (Å²) >= 11 is 0. The monoisotopic (exact) mass is 520 g/mol. The molecule has 11 heteroatoms. The average molecular weight is 521 g/mol. The molecule has 0 saturated carbocycles. The van der Waals surface area contributed by atoms with E-state index in [-0.39, 0.29) is 16.9 Å². The fourth-order valence-corrected chi connectivity index (χ4v) is 3.90. The lowest BCUT2D eigenvalue weighted by atomic mass is 10.1. The second kappa shape index (κ2) is 10.6. The quantitative estimate of drug-likeness (QED) is 0.179. The third-order valence-corrected chi connectivity index (χ3v) is 5.86. The maximum atomic E-state index is 12.9. The van der Waals surface area contributed by atoms with Crippen LogP contribution in [0.25, 0.3) is 16.9 Å². The van der Waals surface area contributed by atoms with Crippen molar-refractivity contribution in [2.75, 3.05) is 10.6 Å². The summed E-state index contributed by atoms with van der Waals surface area (Å²) < 4.78 is 1.63. The van der Waals surface area contributed by atoms with Crippen molar-refractivity contribution in [3.05, 3.63) is 135 Å². The van der Waals surface area contributed by atoms with Gasteiger partial charge in [0.2, 0.25) is 0 Å². The molecule has 0 aliphatic rings. The van der Waals surface area contributed by atoms with Gasteiger partial charge >= 0.3 is 0 Å². The minimum absolute atomic E-state index is 0.0389. The molecule has 0 unspecified atom stereocenters. The first-order valence-electron chi connectivity index (χ1n) is 11.7. The second-order valence-corrected chi connectivity index (χ2v) is 8.39. The highest BCUT2D eigenvalue weighted by molar-refractivity contribution is 6.06.